The normalized spacial score (nSPS) is 27.4. The summed E-state index contributed by atoms with van der Waals surface area (Å²) < 4.78 is 0. The SMILES string of the molecule is CCCNC1CCC(c2ccc(C3CCC3)cc2)C1. The van der Waals surface area contributed by atoms with Crippen molar-refractivity contribution in [2.24, 2.45) is 0 Å². The smallest absolute Gasteiger partial charge is 0.00730 e. The van der Waals surface area contributed by atoms with Gasteiger partial charge in [-0.25, -0.2) is 0 Å². The van der Waals surface area contributed by atoms with Gasteiger partial charge in [0.2, 0.25) is 0 Å². The van der Waals surface area contributed by atoms with E-state index in [1.165, 1.54) is 51.5 Å². The summed E-state index contributed by atoms with van der Waals surface area (Å²) in [4.78, 5) is 0. The van der Waals surface area contributed by atoms with Gasteiger partial charge in [0.1, 0.15) is 0 Å². The Bertz CT molecular complexity index is 391. The van der Waals surface area contributed by atoms with Crippen molar-refractivity contribution in [1.29, 1.82) is 0 Å². The van der Waals surface area contributed by atoms with Crippen LogP contribution in [0.25, 0.3) is 0 Å². The summed E-state index contributed by atoms with van der Waals surface area (Å²) in [7, 11) is 0. The zero-order valence-electron chi connectivity index (χ0n) is 12.2. The largest absolute Gasteiger partial charge is 0.314 e. The van der Waals surface area contributed by atoms with E-state index in [4.69, 9.17) is 0 Å². The lowest BCUT2D eigenvalue weighted by molar-refractivity contribution is 0.419. The fourth-order valence-corrected chi connectivity index (χ4v) is 3.60. The Morgan fingerprint density at radius 1 is 0.947 bits per heavy atom. The van der Waals surface area contributed by atoms with Crippen LogP contribution < -0.4 is 5.32 Å². The van der Waals surface area contributed by atoms with Crippen molar-refractivity contribution >= 4 is 0 Å². The third kappa shape index (κ3) is 3.02. The second kappa shape index (κ2) is 6.09. The zero-order valence-corrected chi connectivity index (χ0v) is 12.2. The lowest BCUT2D eigenvalue weighted by Crippen LogP contribution is -2.26. The number of nitrogens with one attached hydrogen (secondary N) is 1. The minimum Gasteiger partial charge on any atom is -0.314 e. The Morgan fingerprint density at radius 2 is 1.63 bits per heavy atom. The minimum absolute atomic E-state index is 0.760. The van der Waals surface area contributed by atoms with Crippen LogP contribution in [0.5, 0.6) is 0 Å². The highest BCUT2D eigenvalue weighted by Gasteiger charge is 2.25. The summed E-state index contributed by atoms with van der Waals surface area (Å²) in [5.74, 6) is 1.67. The number of rotatable bonds is 5. The van der Waals surface area contributed by atoms with Gasteiger partial charge in [-0.1, -0.05) is 37.6 Å². The second-order valence-electron chi connectivity index (χ2n) is 6.46. The molecule has 2 aliphatic carbocycles. The summed E-state index contributed by atoms with van der Waals surface area (Å²) in [5.41, 5.74) is 3.15. The summed E-state index contributed by atoms with van der Waals surface area (Å²) >= 11 is 0. The Kier molecular flexibility index (Phi) is 4.22. The average Bonchev–Trinajstić information content (AvgIpc) is 2.84. The first kappa shape index (κ1) is 13.2. The topological polar surface area (TPSA) is 12.0 Å². The van der Waals surface area contributed by atoms with E-state index in [1.807, 2.05) is 0 Å². The molecule has 0 heterocycles. The zero-order chi connectivity index (χ0) is 13.1. The van der Waals surface area contributed by atoms with Gasteiger partial charge in [0.15, 0.2) is 0 Å². The van der Waals surface area contributed by atoms with Gasteiger partial charge in [-0.2, -0.15) is 0 Å². The third-order valence-corrected chi connectivity index (χ3v) is 5.10. The van der Waals surface area contributed by atoms with Gasteiger partial charge >= 0.3 is 0 Å². The minimum atomic E-state index is 0.760. The highest BCUT2D eigenvalue weighted by atomic mass is 14.9. The maximum atomic E-state index is 3.68. The van der Waals surface area contributed by atoms with Crippen LogP contribution in [0.1, 0.15) is 74.8 Å². The Morgan fingerprint density at radius 3 is 2.21 bits per heavy atom. The molecule has 3 rings (SSSR count). The summed E-state index contributed by atoms with van der Waals surface area (Å²) in [6, 6.07) is 10.4. The first-order chi connectivity index (χ1) is 9.36. The number of hydrogen-bond acceptors (Lipinski definition) is 1. The second-order valence-corrected chi connectivity index (χ2v) is 6.46. The van der Waals surface area contributed by atoms with Crippen LogP contribution in [0.4, 0.5) is 0 Å². The van der Waals surface area contributed by atoms with Crippen LogP contribution in [-0.4, -0.2) is 12.6 Å². The molecule has 0 aromatic heterocycles. The molecule has 1 N–H and O–H groups in total. The lowest BCUT2D eigenvalue weighted by atomic mass is 9.79. The first-order valence-corrected chi connectivity index (χ1v) is 8.20. The molecule has 2 fully saturated rings. The van der Waals surface area contributed by atoms with Gasteiger partial charge in [-0.15, -0.1) is 0 Å². The van der Waals surface area contributed by atoms with Gasteiger partial charge < -0.3 is 5.32 Å². The molecule has 1 nitrogen and oxygen atoms in total. The molecular formula is C18H27N. The number of benzene rings is 1. The molecule has 1 aromatic rings. The summed E-state index contributed by atoms with van der Waals surface area (Å²) in [5, 5.41) is 3.68. The van der Waals surface area contributed by atoms with E-state index in [-0.39, 0.29) is 0 Å². The predicted octanol–water partition coefficient (Wildman–Crippen LogP) is 4.59. The molecule has 2 aliphatic rings. The van der Waals surface area contributed by atoms with Crippen LogP contribution in [0.15, 0.2) is 24.3 Å². The molecule has 0 radical (unpaired) electrons. The van der Waals surface area contributed by atoms with Crippen molar-refractivity contribution < 1.29 is 0 Å². The van der Waals surface area contributed by atoms with E-state index in [0.717, 1.165) is 17.9 Å². The summed E-state index contributed by atoms with van der Waals surface area (Å²) in [6.07, 6.45) is 9.55. The molecule has 0 aliphatic heterocycles. The first-order valence-electron chi connectivity index (χ1n) is 8.20. The van der Waals surface area contributed by atoms with Gasteiger partial charge in [0, 0.05) is 6.04 Å². The van der Waals surface area contributed by atoms with Crippen molar-refractivity contribution in [2.75, 3.05) is 6.54 Å². The van der Waals surface area contributed by atoms with E-state index < -0.39 is 0 Å². The van der Waals surface area contributed by atoms with Crippen molar-refractivity contribution in [3.8, 4) is 0 Å². The van der Waals surface area contributed by atoms with E-state index in [1.54, 1.807) is 11.1 Å². The van der Waals surface area contributed by atoms with Gasteiger partial charge in [0.05, 0.1) is 0 Å². The molecule has 2 unspecified atom stereocenters. The molecule has 0 bridgehead atoms. The van der Waals surface area contributed by atoms with Crippen molar-refractivity contribution in [3.63, 3.8) is 0 Å². The lowest BCUT2D eigenvalue weighted by Gasteiger charge is -2.26. The van der Waals surface area contributed by atoms with E-state index in [9.17, 15) is 0 Å². The van der Waals surface area contributed by atoms with Crippen molar-refractivity contribution in [2.45, 2.75) is 69.7 Å². The fourth-order valence-electron chi connectivity index (χ4n) is 3.60. The van der Waals surface area contributed by atoms with Gasteiger partial charge in [-0.3, -0.25) is 0 Å². The van der Waals surface area contributed by atoms with Crippen molar-refractivity contribution in [3.05, 3.63) is 35.4 Å². The Balaban J connectivity index is 1.57. The Hall–Kier alpha value is -0.820. The van der Waals surface area contributed by atoms with Crippen LogP contribution in [-0.2, 0) is 0 Å². The Labute approximate surface area is 117 Å². The molecule has 0 amide bonds. The van der Waals surface area contributed by atoms with E-state index in [0.29, 0.717) is 0 Å². The fraction of sp³-hybridized carbons (Fsp3) is 0.667. The van der Waals surface area contributed by atoms with Crippen LogP contribution >= 0.6 is 0 Å². The quantitative estimate of drug-likeness (QED) is 0.813. The maximum Gasteiger partial charge on any atom is 0.00730 e. The van der Waals surface area contributed by atoms with Crippen molar-refractivity contribution in [1.82, 2.24) is 5.32 Å². The monoisotopic (exact) mass is 257 g/mol. The highest BCUT2D eigenvalue weighted by Crippen LogP contribution is 2.38. The van der Waals surface area contributed by atoms with Crippen LogP contribution in [0, 0.1) is 0 Å². The molecule has 0 spiro atoms. The van der Waals surface area contributed by atoms with E-state index >= 15 is 0 Å². The molecule has 2 atom stereocenters. The molecule has 0 saturated heterocycles. The molecular weight excluding hydrogens is 230 g/mol. The van der Waals surface area contributed by atoms with E-state index in [2.05, 4.69) is 36.5 Å². The van der Waals surface area contributed by atoms with Gasteiger partial charge in [0.25, 0.3) is 0 Å². The molecule has 104 valence electrons. The standard InChI is InChI=1S/C18H27N/c1-2-12-19-18-11-10-17(13-18)16-8-6-15(7-9-16)14-4-3-5-14/h6-9,14,17-19H,2-5,10-13H2,1H3. The molecule has 2 saturated carbocycles. The maximum absolute atomic E-state index is 3.68. The molecule has 1 aromatic carbocycles. The van der Waals surface area contributed by atoms with Crippen LogP contribution in [0.3, 0.4) is 0 Å². The van der Waals surface area contributed by atoms with Gasteiger partial charge in [-0.05, 0) is 68.0 Å². The predicted molar refractivity (Wildman–Crippen MR) is 81.7 cm³/mol. The summed E-state index contributed by atoms with van der Waals surface area (Å²) in [6.45, 7) is 3.43. The molecule has 1 heteroatoms. The third-order valence-electron chi connectivity index (χ3n) is 5.10. The number of hydrogen-bond donors (Lipinski definition) is 1. The molecule has 19 heavy (non-hydrogen) atoms. The van der Waals surface area contributed by atoms with Crippen LogP contribution in [0.2, 0.25) is 0 Å². The highest BCUT2D eigenvalue weighted by molar-refractivity contribution is 5.29. The average molecular weight is 257 g/mol.